The average molecular weight is 338 g/mol. The molecule has 0 spiro atoms. The predicted octanol–water partition coefficient (Wildman–Crippen LogP) is 4.79. The van der Waals surface area contributed by atoms with E-state index in [2.05, 4.69) is 54.6 Å². The van der Waals surface area contributed by atoms with Gasteiger partial charge in [-0.3, -0.25) is 4.55 Å². The minimum atomic E-state index is -3.86. The van der Waals surface area contributed by atoms with Gasteiger partial charge in [0.25, 0.3) is 10.1 Å². The van der Waals surface area contributed by atoms with Gasteiger partial charge in [-0.05, 0) is 57.1 Å². The third kappa shape index (κ3) is 2.72. The number of benzene rings is 4. The van der Waals surface area contributed by atoms with Crippen LogP contribution in [0.4, 0.5) is 0 Å². The first-order valence-electron chi connectivity index (χ1n) is 8.13. The summed E-state index contributed by atoms with van der Waals surface area (Å²) in [4.78, 5) is 0. The molecule has 0 saturated heterocycles. The Bertz CT molecular complexity index is 1110. The normalized spacial score (nSPS) is 12.5. The van der Waals surface area contributed by atoms with Crippen molar-refractivity contribution in [2.75, 3.05) is 5.75 Å². The highest BCUT2D eigenvalue weighted by Gasteiger charge is 2.11. The zero-order chi connectivity index (χ0) is 16.7. The Morgan fingerprint density at radius 1 is 0.750 bits per heavy atom. The fourth-order valence-corrected chi connectivity index (χ4v) is 4.18. The predicted molar refractivity (Wildman–Crippen MR) is 99.5 cm³/mol. The zero-order valence-corrected chi connectivity index (χ0v) is 14.0. The summed E-state index contributed by atoms with van der Waals surface area (Å²) in [6.45, 7) is 0. The van der Waals surface area contributed by atoms with E-state index >= 15 is 0 Å². The van der Waals surface area contributed by atoms with Gasteiger partial charge < -0.3 is 0 Å². The van der Waals surface area contributed by atoms with Crippen molar-refractivity contribution in [1.82, 2.24) is 0 Å². The molecule has 1 N–H and O–H groups in total. The molecule has 0 bridgehead atoms. The van der Waals surface area contributed by atoms with Crippen molar-refractivity contribution in [3.8, 4) is 0 Å². The van der Waals surface area contributed by atoms with Crippen LogP contribution in [0.15, 0.2) is 54.6 Å². The van der Waals surface area contributed by atoms with E-state index in [1.165, 1.54) is 37.9 Å². The molecular weight excluding hydrogens is 320 g/mol. The minimum Gasteiger partial charge on any atom is -0.286 e. The summed E-state index contributed by atoms with van der Waals surface area (Å²) < 4.78 is 30.5. The molecule has 122 valence electrons. The van der Waals surface area contributed by atoms with Crippen LogP contribution in [0, 0.1) is 0 Å². The molecule has 0 heterocycles. The van der Waals surface area contributed by atoms with Gasteiger partial charge in [0.1, 0.15) is 0 Å². The van der Waals surface area contributed by atoms with Gasteiger partial charge in [-0.15, -0.1) is 0 Å². The molecule has 0 saturated carbocycles. The molecule has 4 aromatic carbocycles. The number of hydrogen-bond acceptors (Lipinski definition) is 2. The summed E-state index contributed by atoms with van der Waals surface area (Å²) in [5, 5.41) is 7.55. The van der Waals surface area contributed by atoms with E-state index in [0.717, 1.165) is 12.8 Å². The van der Waals surface area contributed by atoms with Gasteiger partial charge >= 0.3 is 0 Å². The van der Waals surface area contributed by atoms with Crippen molar-refractivity contribution in [2.24, 2.45) is 0 Å². The second-order valence-electron chi connectivity index (χ2n) is 6.32. The summed E-state index contributed by atoms with van der Waals surface area (Å²) in [7, 11) is -3.86. The highest BCUT2D eigenvalue weighted by atomic mass is 32.2. The topological polar surface area (TPSA) is 54.4 Å². The van der Waals surface area contributed by atoms with E-state index in [-0.39, 0.29) is 5.75 Å². The zero-order valence-electron chi connectivity index (χ0n) is 13.2. The third-order valence-corrected chi connectivity index (χ3v) is 5.52. The lowest BCUT2D eigenvalue weighted by Gasteiger charge is -2.13. The van der Waals surface area contributed by atoms with Crippen molar-refractivity contribution < 1.29 is 13.0 Å². The smallest absolute Gasteiger partial charge is 0.264 e. The van der Waals surface area contributed by atoms with Crippen LogP contribution in [0.25, 0.3) is 32.3 Å². The van der Waals surface area contributed by atoms with Crippen LogP contribution in [0.5, 0.6) is 0 Å². The minimum absolute atomic E-state index is 0.168. The number of rotatable bonds is 5. The van der Waals surface area contributed by atoms with Gasteiger partial charge in [0.2, 0.25) is 0 Å². The van der Waals surface area contributed by atoms with Crippen LogP contribution in [-0.2, 0) is 16.5 Å². The molecule has 3 nitrogen and oxygen atoms in total. The molecule has 0 fully saturated rings. The van der Waals surface area contributed by atoms with Crippen LogP contribution in [0.3, 0.4) is 0 Å². The first-order valence-corrected chi connectivity index (χ1v) is 9.74. The maximum absolute atomic E-state index is 10.8. The van der Waals surface area contributed by atoms with Gasteiger partial charge in [0, 0.05) is 0 Å². The van der Waals surface area contributed by atoms with E-state index in [9.17, 15) is 8.42 Å². The largest absolute Gasteiger partial charge is 0.286 e. The molecule has 4 heteroatoms. The quantitative estimate of drug-likeness (QED) is 0.323. The van der Waals surface area contributed by atoms with Gasteiger partial charge in [-0.2, -0.15) is 8.42 Å². The fraction of sp³-hybridized carbons (Fsp3) is 0.200. The van der Waals surface area contributed by atoms with Crippen LogP contribution in [0.1, 0.15) is 18.4 Å². The summed E-state index contributed by atoms with van der Waals surface area (Å²) in [5.41, 5.74) is 1.23. The summed E-state index contributed by atoms with van der Waals surface area (Å²) in [6, 6.07) is 19.3. The molecule has 0 unspecified atom stereocenters. The summed E-state index contributed by atoms with van der Waals surface area (Å²) in [6.07, 6.45) is 2.02. The van der Waals surface area contributed by atoms with Gasteiger partial charge in [0.05, 0.1) is 5.75 Å². The van der Waals surface area contributed by atoms with Crippen LogP contribution in [-0.4, -0.2) is 18.7 Å². The van der Waals surface area contributed by atoms with E-state index < -0.39 is 10.1 Å². The van der Waals surface area contributed by atoms with Crippen LogP contribution < -0.4 is 0 Å². The lowest BCUT2D eigenvalue weighted by Crippen LogP contribution is -2.04. The van der Waals surface area contributed by atoms with Crippen molar-refractivity contribution >= 4 is 42.4 Å². The Hall–Kier alpha value is -2.17. The lowest BCUT2D eigenvalue weighted by atomic mass is 9.91. The Morgan fingerprint density at radius 3 is 2.08 bits per heavy atom. The molecule has 0 aliphatic rings. The standard InChI is InChI=1S/C20H18O3S/c21-24(22,23)13-2-1-4-14-7-8-17-10-9-15-5-3-6-16-11-12-18(14)20(17)19(15)16/h3,5-12H,1-2,4,13H2,(H,21,22,23). The monoisotopic (exact) mass is 338 g/mol. The Balaban J connectivity index is 1.77. The van der Waals surface area contributed by atoms with Crippen LogP contribution in [0.2, 0.25) is 0 Å². The molecule has 4 rings (SSSR count). The SMILES string of the molecule is O=S(=O)(O)CCCCc1ccc2ccc3cccc4ccc1c2c34. The van der Waals surface area contributed by atoms with Crippen molar-refractivity contribution in [3.05, 3.63) is 60.2 Å². The molecule has 0 aliphatic heterocycles. The van der Waals surface area contributed by atoms with Crippen molar-refractivity contribution in [1.29, 1.82) is 0 Å². The molecule has 0 radical (unpaired) electrons. The molecule has 24 heavy (non-hydrogen) atoms. The average Bonchev–Trinajstić information content (AvgIpc) is 2.56. The first kappa shape index (κ1) is 15.4. The molecule has 0 atom stereocenters. The molecule has 0 amide bonds. The maximum atomic E-state index is 10.8. The van der Waals surface area contributed by atoms with E-state index in [1.807, 2.05) is 0 Å². The lowest BCUT2D eigenvalue weighted by molar-refractivity contribution is 0.480. The Labute approximate surface area is 141 Å². The van der Waals surface area contributed by atoms with Crippen molar-refractivity contribution in [2.45, 2.75) is 19.3 Å². The van der Waals surface area contributed by atoms with Crippen molar-refractivity contribution in [3.63, 3.8) is 0 Å². The first-order chi connectivity index (χ1) is 11.5. The Morgan fingerprint density at radius 2 is 1.38 bits per heavy atom. The molecular formula is C20H18O3S. The number of aryl methyl sites for hydroxylation is 1. The second-order valence-corrected chi connectivity index (χ2v) is 7.90. The van der Waals surface area contributed by atoms with E-state index in [0.29, 0.717) is 6.42 Å². The molecule has 0 aromatic heterocycles. The fourth-order valence-electron chi connectivity index (χ4n) is 3.61. The number of unbranched alkanes of at least 4 members (excludes halogenated alkanes) is 1. The third-order valence-electron chi connectivity index (χ3n) is 4.72. The highest BCUT2D eigenvalue weighted by molar-refractivity contribution is 7.85. The van der Waals surface area contributed by atoms with E-state index in [1.54, 1.807) is 0 Å². The summed E-state index contributed by atoms with van der Waals surface area (Å²) in [5.74, 6) is -0.168. The van der Waals surface area contributed by atoms with Gasteiger partial charge in [0.15, 0.2) is 0 Å². The Kier molecular flexibility index (Phi) is 3.66. The van der Waals surface area contributed by atoms with Gasteiger partial charge in [-0.25, -0.2) is 0 Å². The number of hydrogen-bond donors (Lipinski definition) is 1. The molecule has 0 aliphatic carbocycles. The maximum Gasteiger partial charge on any atom is 0.264 e. The van der Waals surface area contributed by atoms with Gasteiger partial charge in [-0.1, -0.05) is 54.6 Å². The second kappa shape index (κ2) is 5.72. The summed E-state index contributed by atoms with van der Waals surface area (Å²) >= 11 is 0. The molecule has 4 aromatic rings. The van der Waals surface area contributed by atoms with E-state index in [4.69, 9.17) is 4.55 Å². The highest BCUT2D eigenvalue weighted by Crippen LogP contribution is 2.36. The van der Waals surface area contributed by atoms with Crippen LogP contribution >= 0.6 is 0 Å².